The van der Waals surface area contributed by atoms with Gasteiger partial charge in [0.1, 0.15) is 11.5 Å². The molecule has 1 aliphatic heterocycles. The van der Waals surface area contributed by atoms with E-state index in [1.807, 2.05) is 6.92 Å². The van der Waals surface area contributed by atoms with Gasteiger partial charge in [-0.05, 0) is 61.6 Å². The van der Waals surface area contributed by atoms with Crippen LogP contribution in [0.15, 0.2) is 22.6 Å². The summed E-state index contributed by atoms with van der Waals surface area (Å²) in [5.41, 5.74) is 4.70. The number of carbonyl (C=O) groups excluding carboxylic acids is 2. The van der Waals surface area contributed by atoms with Crippen LogP contribution in [0.1, 0.15) is 51.4 Å². The van der Waals surface area contributed by atoms with Crippen LogP contribution < -0.4 is 5.32 Å². The van der Waals surface area contributed by atoms with Crippen molar-refractivity contribution in [3.8, 4) is 0 Å². The van der Waals surface area contributed by atoms with Crippen LogP contribution in [0.2, 0.25) is 0 Å². The van der Waals surface area contributed by atoms with E-state index in [2.05, 4.69) is 5.32 Å². The first kappa shape index (κ1) is 15.7. The molecule has 2 aliphatic rings. The molecule has 4 rings (SSSR count). The second kappa shape index (κ2) is 5.92. The number of benzene rings is 1. The van der Waals surface area contributed by atoms with Gasteiger partial charge in [0.25, 0.3) is 5.91 Å². The maximum absolute atomic E-state index is 12.4. The standard InChI is InChI=1S/C20H19NO4/c1-11-13-5-3-4-6-17(13)25-18(11)10-15-14-9-12(20(23)24-2)7-8-16(14)21-19(15)22/h7-10H,3-6H2,1-2H3,(H,21,22). The van der Waals surface area contributed by atoms with E-state index in [0.717, 1.165) is 36.3 Å². The van der Waals surface area contributed by atoms with E-state index in [1.165, 1.54) is 19.1 Å². The van der Waals surface area contributed by atoms with E-state index in [4.69, 9.17) is 9.15 Å². The van der Waals surface area contributed by atoms with Crippen LogP contribution in [0.4, 0.5) is 5.69 Å². The number of ether oxygens (including phenoxy) is 1. The molecule has 0 spiro atoms. The molecule has 25 heavy (non-hydrogen) atoms. The molecule has 1 aliphatic carbocycles. The van der Waals surface area contributed by atoms with Gasteiger partial charge in [0.2, 0.25) is 0 Å². The molecule has 2 heterocycles. The highest BCUT2D eigenvalue weighted by molar-refractivity contribution is 6.35. The van der Waals surface area contributed by atoms with Crippen molar-refractivity contribution in [1.82, 2.24) is 0 Å². The summed E-state index contributed by atoms with van der Waals surface area (Å²) in [4.78, 5) is 24.2. The molecule has 1 N–H and O–H groups in total. The third kappa shape index (κ3) is 2.56. The minimum Gasteiger partial charge on any atom is -0.465 e. The molecule has 0 unspecified atom stereocenters. The lowest BCUT2D eigenvalue weighted by molar-refractivity contribution is -0.110. The quantitative estimate of drug-likeness (QED) is 0.669. The van der Waals surface area contributed by atoms with Crippen molar-refractivity contribution in [2.45, 2.75) is 32.6 Å². The number of amides is 1. The van der Waals surface area contributed by atoms with Crippen molar-refractivity contribution < 1.29 is 18.7 Å². The highest BCUT2D eigenvalue weighted by Gasteiger charge is 2.27. The number of methoxy groups -OCH3 is 1. The fourth-order valence-corrected chi connectivity index (χ4v) is 3.59. The number of fused-ring (bicyclic) bond motifs is 2. The molecule has 5 heteroatoms. The summed E-state index contributed by atoms with van der Waals surface area (Å²) in [6.45, 7) is 2.04. The van der Waals surface area contributed by atoms with E-state index in [0.29, 0.717) is 22.4 Å². The smallest absolute Gasteiger partial charge is 0.337 e. The highest BCUT2D eigenvalue weighted by Crippen LogP contribution is 2.36. The number of aryl methyl sites for hydroxylation is 1. The van der Waals surface area contributed by atoms with E-state index >= 15 is 0 Å². The average molecular weight is 337 g/mol. The molecular formula is C20H19NO4. The van der Waals surface area contributed by atoms with Crippen molar-refractivity contribution in [2.75, 3.05) is 12.4 Å². The summed E-state index contributed by atoms with van der Waals surface area (Å²) < 4.78 is 10.8. The first-order valence-electron chi connectivity index (χ1n) is 8.45. The first-order chi connectivity index (χ1) is 12.1. The maximum Gasteiger partial charge on any atom is 0.337 e. The Balaban J connectivity index is 1.79. The Kier molecular flexibility index (Phi) is 3.71. The lowest BCUT2D eigenvalue weighted by atomic mass is 9.95. The van der Waals surface area contributed by atoms with E-state index in [9.17, 15) is 9.59 Å². The van der Waals surface area contributed by atoms with Gasteiger partial charge in [-0.25, -0.2) is 4.79 Å². The summed E-state index contributed by atoms with van der Waals surface area (Å²) in [6, 6.07) is 5.05. The summed E-state index contributed by atoms with van der Waals surface area (Å²) in [6.07, 6.45) is 6.09. The first-order valence-corrected chi connectivity index (χ1v) is 8.45. The van der Waals surface area contributed by atoms with Crippen LogP contribution in [0.5, 0.6) is 0 Å². The minimum atomic E-state index is -0.425. The van der Waals surface area contributed by atoms with Crippen LogP contribution in [0.25, 0.3) is 11.6 Å². The minimum absolute atomic E-state index is 0.189. The number of furan rings is 1. The van der Waals surface area contributed by atoms with E-state index in [-0.39, 0.29) is 5.91 Å². The van der Waals surface area contributed by atoms with Gasteiger partial charge in [-0.15, -0.1) is 0 Å². The van der Waals surface area contributed by atoms with Crippen molar-refractivity contribution in [3.63, 3.8) is 0 Å². The summed E-state index contributed by atoms with van der Waals surface area (Å²) in [5, 5.41) is 2.83. The zero-order chi connectivity index (χ0) is 17.6. The number of esters is 1. The highest BCUT2D eigenvalue weighted by atomic mass is 16.5. The Labute approximate surface area is 145 Å². The van der Waals surface area contributed by atoms with Gasteiger partial charge in [0.15, 0.2) is 0 Å². The number of carbonyl (C=O) groups is 2. The third-order valence-electron chi connectivity index (χ3n) is 4.97. The zero-order valence-electron chi connectivity index (χ0n) is 14.3. The Bertz CT molecular complexity index is 920. The molecule has 5 nitrogen and oxygen atoms in total. The van der Waals surface area contributed by atoms with Crippen LogP contribution >= 0.6 is 0 Å². The predicted molar refractivity (Wildman–Crippen MR) is 94.4 cm³/mol. The zero-order valence-corrected chi connectivity index (χ0v) is 14.3. The number of hydrogen-bond donors (Lipinski definition) is 1. The SMILES string of the molecule is COC(=O)c1ccc2c(c1)C(=Cc1oc3c(c1C)CCCC3)C(=O)N2. The average Bonchev–Trinajstić information content (AvgIpc) is 3.11. The monoisotopic (exact) mass is 337 g/mol. The number of hydrogen-bond acceptors (Lipinski definition) is 4. The second-order valence-electron chi connectivity index (χ2n) is 6.46. The third-order valence-corrected chi connectivity index (χ3v) is 4.97. The lowest BCUT2D eigenvalue weighted by Gasteiger charge is -2.08. The van der Waals surface area contributed by atoms with Gasteiger partial charge in [0, 0.05) is 17.7 Å². The van der Waals surface area contributed by atoms with E-state index < -0.39 is 5.97 Å². The molecule has 0 radical (unpaired) electrons. The van der Waals surface area contributed by atoms with Crippen LogP contribution in [0.3, 0.4) is 0 Å². The predicted octanol–water partition coefficient (Wildman–Crippen LogP) is 3.75. The summed E-state index contributed by atoms with van der Waals surface area (Å²) in [7, 11) is 1.34. The van der Waals surface area contributed by atoms with Crippen molar-refractivity contribution in [2.24, 2.45) is 0 Å². The van der Waals surface area contributed by atoms with Gasteiger partial charge in [-0.3, -0.25) is 4.79 Å². The largest absolute Gasteiger partial charge is 0.465 e. The Morgan fingerprint density at radius 1 is 1.28 bits per heavy atom. The number of rotatable bonds is 2. The van der Waals surface area contributed by atoms with Crippen molar-refractivity contribution >= 4 is 29.2 Å². The molecule has 0 atom stereocenters. The fraction of sp³-hybridized carbons (Fsp3) is 0.300. The Hall–Kier alpha value is -2.82. The fourth-order valence-electron chi connectivity index (χ4n) is 3.59. The molecular weight excluding hydrogens is 318 g/mol. The molecule has 128 valence electrons. The van der Waals surface area contributed by atoms with Crippen LogP contribution in [-0.4, -0.2) is 19.0 Å². The van der Waals surface area contributed by atoms with Gasteiger partial charge in [-0.1, -0.05) is 0 Å². The normalized spacial score (nSPS) is 17.2. The molecule has 1 amide bonds. The molecule has 1 aromatic heterocycles. The summed E-state index contributed by atoms with van der Waals surface area (Å²) in [5.74, 6) is 1.16. The van der Waals surface area contributed by atoms with Gasteiger partial charge < -0.3 is 14.5 Å². The number of nitrogens with one attached hydrogen (secondary N) is 1. The van der Waals surface area contributed by atoms with Gasteiger partial charge in [-0.2, -0.15) is 0 Å². The van der Waals surface area contributed by atoms with Crippen molar-refractivity contribution in [3.05, 3.63) is 52.0 Å². The number of anilines is 1. The second-order valence-corrected chi connectivity index (χ2v) is 6.46. The van der Waals surface area contributed by atoms with Gasteiger partial charge >= 0.3 is 5.97 Å². The van der Waals surface area contributed by atoms with Crippen LogP contribution in [0, 0.1) is 6.92 Å². The lowest BCUT2D eigenvalue weighted by Crippen LogP contribution is -2.03. The van der Waals surface area contributed by atoms with E-state index in [1.54, 1.807) is 24.3 Å². The Morgan fingerprint density at radius 2 is 2.08 bits per heavy atom. The van der Waals surface area contributed by atoms with Gasteiger partial charge in [0.05, 0.1) is 18.2 Å². The molecule has 2 aromatic rings. The topological polar surface area (TPSA) is 68.5 Å². The van der Waals surface area contributed by atoms with Crippen molar-refractivity contribution in [1.29, 1.82) is 0 Å². The van der Waals surface area contributed by atoms with Crippen LogP contribution in [-0.2, 0) is 22.4 Å². The molecule has 0 bridgehead atoms. The molecule has 0 saturated heterocycles. The maximum atomic E-state index is 12.4. The molecule has 0 fully saturated rings. The molecule has 0 saturated carbocycles. The summed E-state index contributed by atoms with van der Waals surface area (Å²) >= 11 is 0. The Morgan fingerprint density at radius 3 is 2.84 bits per heavy atom. The molecule has 1 aromatic carbocycles.